The second kappa shape index (κ2) is 5.76. The molecule has 0 unspecified atom stereocenters. The summed E-state index contributed by atoms with van der Waals surface area (Å²) in [4.78, 5) is 1.61. The molecule has 1 aromatic carbocycles. The third-order valence-corrected chi connectivity index (χ3v) is 6.83. The summed E-state index contributed by atoms with van der Waals surface area (Å²) in [6.07, 6.45) is 7.38. The van der Waals surface area contributed by atoms with E-state index in [0.29, 0.717) is 0 Å². The number of thiophene rings is 1. The maximum absolute atomic E-state index is 6.07. The van der Waals surface area contributed by atoms with Gasteiger partial charge in [0.1, 0.15) is 5.00 Å². The molecule has 3 heterocycles. The van der Waals surface area contributed by atoms with Gasteiger partial charge < -0.3 is 9.88 Å². The molecule has 2 aromatic heterocycles. The van der Waals surface area contributed by atoms with Crippen molar-refractivity contribution in [1.82, 2.24) is 9.88 Å². The number of rotatable bonds is 1. The van der Waals surface area contributed by atoms with E-state index in [1.807, 2.05) is 23.5 Å². The number of fused-ring (bicyclic) bond motifs is 5. The molecular weight excluding hydrogens is 336 g/mol. The summed E-state index contributed by atoms with van der Waals surface area (Å²) >= 11 is 8.07. The van der Waals surface area contributed by atoms with Crippen LogP contribution in [0.15, 0.2) is 42.6 Å². The zero-order chi connectivity index (χ0) is 16.1. The number of aromatic nitrogens is 1. The highest BCUT2D eigenvalue weighted by molar-refractivity contribution is 7.15. The third kappa shape index (κ3) is 2.26. The van der Waals surface area contributed by atoms with Gasteiger partial charge in [-0.15, -0.1) is 11.3 Å². The van der Waals surface area contributed by atoms with Crippen LogP contribution in [0.25, 0.3) is 5.00 Å². The fourth-order valence-electron chi connectivity index (χ4n) is 4.06. The van der Waals surface area contributed by atoms with E-state index in [9.17, 15) is 0 Å². The number of hydrogen-bond donors (Lipinski definition) is 1. The van der Waals surface area contributed by atoms with Crippen molar-refractivity contribution in [2.24, 2.45) is 0 Å². The minimum atomic E-state index is 0.205. The number of nitrogens with zero attached hydrogens (tertiary/aromatic N) is 1. The second-order valence-corrected chi connectivity index (χ2v) is 8.18. The van der Waals surface area contributed by atoms with Crippen LogP contribution in [-0.4, -0.2) is 4.57 Å². The standard InChI is InChI=1S/C20H19ClN2S/c21-14-9-7-13(8-10-14)19-17-5-3-11-23(17)20-16(12-22-19)15-4-1-2-6-18(15)24-20/h3,5,7-11,19,22H,1-2,4,6,12H2/t19-/m0/s1. The molecular formula is C20H19ClN2S. The fourth-order valence-corrected chi connectivity index (χ4v) is 5.60. The molecule has 0 bridgehead atoms. The Hall–Kier alpha value is -1.55. The summed E-state index contributed by atoms with van der Waals surface area (Å²) in [6, 6.07) is 12.8. The van der Waals surface area contributed by atoms with E-state index in [1.165, 1.54) is 47.5 Å². The molecule has 122 valence electrons. The predicted molar refractivity (Wildman–Crippen MR) is 100 cm³/mol. The maximum Gasteiger partial charge on any atom is 0.104 e. The van der Waals surface area contributed by atoms with Crippen LogP contribution in [0.2, 0.25) is 5.02 Å². The number of halogens is 1. The Labute approximate surface area is 151 Å². The van der Waals surface area contributed by atoms with Crippen LogP contribution < -0.4 is 5.32 Å². The first-order valence-electron chi connectivity index (χ1n) is 8.61. The molecule has 0 amide bonds. The first-order valence-corrected chi connectivity index (χ1v) is 9.80. The largest absolute Gasteiger partial charge is 0.310 e. The number of benzene rings is 1. The third-order valence-electron chi connectivity index (χ3n) is 5.24. The molecule has 1 atom stereocenters. The zero-order valence-corrected chi connectivity index (χ0v) is 15.0. The Morgan fingerprint density at radius 2 is 1.88 bits per heavy atom. The molecule has 1 aliphatic heterocycles. The van der Waals surface area contributed by atoms with Gasteiger partial charge in [-0.2, -0.15) is 0 Å². The lowest BCUT2D eigenvalue weighted by atomic mass is 9.95. The van der Waals surface area contributed by atoms with Crippen LogP contribution in [-0.2, 0) is 19.4 Å². The summed E-state index contributed by atoms with van der Waals surface area (Å²) < 4.78 is 2.40. The lowest BCUT2D eigenvalue weighted by Crippen LogP contribution is -2.21. The van der Waals surface area contributed by atoms with E-state index < -0.39 is 0 Å². The van der Waals surface area contributed by atoms with Crippen LogP contribution >= 0.6 is 22.9 Å². The van der Waals surface area contributed by atoms with Gasteiger partial charge in [-0.3, -0.25) is 0 Å². The first-order chi connectivity index (χ1) is 11.8. The molecule has 4 heteroatoms. The fraction of sp³-hybridized carbons (Fsp3) is 0.300. The summed E-state index contributed by atoms with van der Waals surface area (Å²) in [5.41, 5.74) is 5.71. The smallest absolute Gasteiger partial charge is 0.104 e. The van der Waals surface area contributed by atoms with E-state index >= 15 is 0 Å². The summed E-state index contributed by atoms with van der Waals surface area (Å²) in [5.74, 6) is 0. The molecule has 1 aliphatic carbocycles. The van der Waals surface area contributed by atoms with E-state index in [-0.39, 0.29) is 6.04 Å². The molecule has 0 fully saturated rings. The van der Waals surface area contributed by atoms with Crippen molar-refractivity contribution in [1.29, 1.82) is 0 Å². The molecule has 2 aliphatic rings. The van der Waals surface area contributed by atoms with E-state index in [0.717, 1.165) is 11.6 Å². The zero-order valence-electron chi connectivity index (χ0n) is 13.4. The molecule has 0 saturated heterocycles. The number of aryl methyl sites for hydroxylation is 1. The van der Waals surface area contributed by atoms with Crippen molar-refractivity contribution < 1.29 is 0 Å². The predicted octanol–water partition coefficient (Wildman–Crippen LogP) is 5.26. The van der Waals surface area contributed by atoms with E-state index in [1.54, 1.807) is 10.4 Å². The normalized spacial score (nSPS) is 19.3. The Morgan fingerprint density at radius 1 is 1.04 bits per heavy atom. The van der Waals surface area contributed by atoms with Crippen molar-refractivity contribution in [3.05, 3.63) is 74.9 Å². The van der Waals surface area contributed by atoms with Crippen molar-refractivity contribution in [2.75, 3.05) is 0 Å². The summed E-state index contributed by atoms with van der Waals surface area (Å²) in [5, 5.41) is 6.00. The summed E-state index contributed by atoms with van der Waals surface area (Å²) in [6.45, 7) is 0.941. The highest BCUT2D eigenvalue weighted by atomic mass is 35.5. The lowest BCUT2D eigenvalue weighted by Gasteiger charge is -2.19. The van der Waals surface area contributed by atoms with Crippen LogP contribution in [0.1, 0.15) is 46.1 Å². The molecule has 2 nitrogen and oxygen atoms in total. The molecule has 24 heavy (non-hydrogen) atoms. The van der Waals surface area contributed by atoms with Gasteiger partial charge in [0, 0.05) is 33.9 Å². The van der Waals surface area contributed by atoms with Gasteiger partial charge in [0.25, 0.3) is 0 Å². The van der Waals surface area contributed by atoms with Gasteiger partial charge >= 0.3 is 0 Å². The molecule has 1 N–H and O–H groups in total. The SMILES string of the molecule is Clc1ccc([C@@H]2NCc3c(sc4c3CCCC4)-n3cccc32)cc1. The Bertz CT molecular complexity index is 891. The Kier molecular flexibility index (Phi) is 3.55. The topological polar surface area (TPSA) is 17.0 Å². The van der Waals surface area contributed by atoms with Crippen LogP contribution in [0.5, 0.6) is 0 Å². The number of nitrogens with one attached hydrogen (secondary N) is 1. The molecule has 5 rings (SSSR count). The van der Waals surface area contributed by atoms with Gasteiger partial charge in [0.05, 0.1) is 6.04 Å². The van der Waals surface area contributed by atoms with Crippen LogP contribution in [0, 0.1) is 0 Å². The average Bonchev–Trinajstić information content (AvgIpc) is 3.18. The molecule has 0 saturated carbocycles. The first kappa shape index (κ1) is 14.8. The average molecular weight is 355 g/mol. The molecule has 3 aromatic rings. The monoisotopic (exact) mass is 354 g/mol. The molecule has 0 radical (unpaired) electrons. The second-order valence-electron chi connectivity index (χ2n) is 6.66. The highest BCUT2D eigenvalue weighted by Crippen LogP contribution is 2.40. The van der Waals surface area contributed by atoms with Gasteiger partial charge in [-0.05, 0) is 61.1 Å². The van der Waals surface area contributed by atoms with Crippen molar-refractivity contribution in [3.8, 4) is 5.00 Å². The van der Waals surface area contributed by atoms with E-state index in [4.69, 9.17) is 11.6 Å². The number of hydrogen-bond acceptors (Lipinski definition) is 2. The maximum atomic E-state index is 6.07. The van der Waals surface area contributed by atoms with Crippen LogP contribution in [0.3, 0.4) is 0 Å². The lowest BCUT2D eigenvalue weighted by molar-refractivity contribution is 0.595. The van der Waals surface area contributed by atoms with Crippen molar-refractivity contribution in [2.45, 2.75) is 38.3 Å². The Balaban J connectivity index is 1.64. The van der Waals surface area contributed by atoms with Gasteiger partial charge in [-0.1, -0.05) is 23.7 Å². The van der Waals surface area contributed by atoms with Crippen LogP contribution in [0.4, 0.5) is 0 Å². The highest BCUT2D eigenvalue weighted by Gasteiger charge is 2.28. The minimum absolute atomic E-state index is 0.205. The summed E-state index contributed by atoms with van der Waals surface area (Å²) in [7, 11) is 0. The molecule has 0 spiro atoms. The van der Waals surface area contributed by atoms with Crippen molar-refractivity contribution >= 4 is 22.9 Å². The van der Waals surface area contributed by atoms with Gasteiger partial charge in [0.15, 0.2) is 0 Å². The van der Waals surface area contributed by atoms with Crippen molar-refractivity contribution in [3.63, 3.8) is 0 Å². The van der Waals surface area contributed by atoms with E-state index in [2.05, 4.69) is 40.3 Å². The minimum Gasteiger partial charge on any atom is -0.310 e. The van der Waals surface area contributed by atoms with Gasteiger partial charge in [-0.25, -0.2) is 0 Å². The Morgan fingerprint density at radius 3 is 2.75 bits per heavy atom. The van der Waals surface area contributed by atoms with Gasteiger partial charge in [0.2, 0.25) is 0 Å². The quantitative estimate of drug-likeness (QED) is 0.630.